The average molecular weight is 376 g/mol. The van der Waals surface area contributed by atoms with Crippen LogP contribution in [0.25, 0.3) is 0 Å². The molecule has 0 aliphatic rings. The van der Waals surface area contributed by atoms with Crippen LogP contribution < -0.4 is 10.9 Å². The molecule has 0 amide bonds. The molecule has 6 heteroatoms. The molecule has 94 valence electrons. The molecule has 0 atom stereocenters. The maximum atomic E-state index is 11.4. The fourth-order valence-electron chi connectivity index (χ4n) is 1.44. The SMILES string of the molecule is O=c1[nH]cnc(NCc2ccc(CCl)cc2)c1I. The van der Waals surface area contributed by atoms with E-state index in [0.29, 0.717) is 21.8 Å². The molecular weight excluding hydrogens is 365 g/mol. The number of rotatable bonds is 4. The lowest BCUT2D eigenvalue weighted by atomic mass is 10.1. The minimum absolute atomic E-state index is 0.134. The second-order valence-electron chi connectivity index (χ2n) is 3.70. The van der Waals surface area contributed by atoms with Gasteiger partial charge in [0, 0.05) is 12.4 Å². The van der Waals surface area contributed by atoms with Gasteiger partial charge in [-0.2, -0.15) is 0 Å². The predicted molar refractivity (Wildman–Crippen MR) is 80.9 cm³/mol. The molecular formula is C12H11ClIN3O. The van der Waals surface area contributed by atoms with Crippen molar-refractivity contribution in [3.8, 4) is 0 Å². The number of alkyl halides is 1. The Morgan fingerprint density at radius 3 is 2.61 bits per heavy atom. The highest BCUT2D eigenvalue weighted by molar-refractivity contribution is 14.1. The van der Waals surface area contributed by atoms with Crippen molar-refractivity contribution in [1.29, 1.82) is 0 Å². The molecule has 2 rings (SSSR count). The monoisotopic (exact) mass is 375 g/mol. The van der Waals surface area contributed by atoms with Gasteiger partial charge in [-0.3, -0.25) is 4.79 Å². The topological polar surface area (TPSA) is 57.8 Å². The van der Waals surface area contributed by atoms with Gasteiger partial charge < -0.3 is 10.3 Å². The second kappa shape index (κ2) is 6.19. The highest BCUT2D eigenvalue weighted by Gasteiger charge is 2.04. The molecule has 4 nitrogen and oxygen atoms in total. The van der Waals surface area contributed by atoms with E-state index in [4.69, 9.17) is 11.6 Å². The summed E-state index contributed by atoms with van der Waals surface area (Å²) in [5.74, 6) is 1.11. The lowest BCUT2D eigenvalue weighted by molar-refractivity contribution is 1.04. The van der Waals surface area contributed by atoms with Crippen molar-refractivity contribution in [2.45, 2.75) is 12.4 Å². The number of benzene rings is 1. The first-order valence-corrected chi connectivity index (χ1v) is 6.93. The molecule has 18 heavy (non-hydrogen) atoms. The van der Waals surface area contributed by atoms with Crippen LogP contribution in [0.3, 0.4) is 0 Å². The van der Waals surface area contributed by atoms with E-state index in [2.05, 4.69) is 15.3 Å². The van der Waals surface area contributed by atoms with Gasteiger partial charge in [-0.1, -0.05) is 24.3 Å². The van der Waals surface area contributed by atoms with E-state index < -0.39 is 0 Å². The van der Waals surface area contributed by atoms with Crippen molar-refractivity contribution in [3.05, 3.63) is 55.6 Å². The van der Waals surface area contributed by atoms with E-state index in [1.807, 2.05) is 46.9 Å². The van der Waals surface area contributed by atoms with Gasteiger partial charge in [0.15, 0.2) is 0 Å². The zero-order valence-corrected chi connectivity index (χ0v) is 12.3. The Balaban J connectivity index is 2.06. The Morgan fingerprint density at radius 1 is 1.28 bits per heavy atom. The quantitative estimate of drug-likeness (QED) is 0.638. The summed E-state index contributed by atoms with van der Waals surface area (Å²) in [6, 6.07) is 7.98. The van der Waals surface area contributed by atoms with Crippen LogP contribution in [0.4, 0.5) is 5.82 Å². The van der Waals surface area contributed by atoms with Crippen molar-refractivity contribution in [1.82, 2.24) is 9.97 Å². The molecule has 2 aromatic rings. The standard InChI is InChI=1S/C12H11ClIN3O/c13-5-8-1-3-9(4-2-8)6-15-11-10(14)12(18)17-7-16-11/h1-4,7H,5-6H2,(H2,15,16,17,18). The largest absolute Gasteiger partial charge is 0.365 e. The molecule has 0 spiro atoms. The summed E-state index contributed by atoms with van der Waals surface area (Å²) in [7, 11) is 0. The minimum Gasteiger partial charge on any atom is -0.365 e. The van der Waals surface area contributed by atoms with Gasteiger partial charge in [-0.25, -0.2) is 4.98 Å². The Hall–Kier alpha value is -1.08. The van der Waals surface area contributed by atoms with Crippen molar-refractivity contribution in [2.75, 3.05) is 5.32 Å². The Morgan fingerprint density at radius 2 is 1.94 bits per heavy atom. The van der Waals surface area contributed by atoms with Crippen molar-refractivity contribution in [2.24, 2.45) is 0 Å². The van der Waals surface area contributed by atoms with Crippen LogP contribution in [0.2, 0.25) is 0 Å². The number of H-pyrrole nitrogens is 1. The maximum Gasteiger partial charge on any atom is 0.266 e. The molecule has 2 N–H and O–H groups in total. The highest BCUT2D eigenvalue weighted by atomic mass is 127. The van der Waals surface area contributed by atoms with Crippen LogP contribution in [0.5, 0.6) is 0 Å². The third kappa shape index (κ3) is 3.23. The van der Waals surface area contributed by atoms with Gasteiger partial charge in [0.25, 0.3) is 5.56 Å². The molecule has 1 aromatic heterocycles. The first kappa shape index (κ1) is 13.4. The summed E-state index contributed by atoms with van der Waals surface area (Å²) >= 11 is 7.70. The summed E-state index contributed by atoms with van der Waals surface area (Å²) < 4.78 is 0.562. The third-order valence-corrected chi connectivity index (χ3v) is 3.74. The molecule has 0 saturated heterocycles. The van der Waals surface area contributed by atoms with Gasteiger partial charge in [0.2, 0.25) is 0 Å². The van der Waals surface area contributed by atoms with Crippen LogP contribution in [-0.2, 0) is 12.4 Å². The van der Waals surface area contributed by atoms with Crippen molar-refractivity contribution in [3.63, 3.8) is 0 Å². The summed E-state index contributed by atoms with van der Waals surface area (Å²) in [5.41, 5.74) is 2.07. The lowest BCUT2D eigenvalue weighted by Crippen LogP contribution is -2.14. The average Bonchev–Trinajstić information content (AvgIpc) is 2.41. The minimum atomic E-state index is -0.134. The van der Waals surface area contributed by atoms with Crippen LogP contribution in [0.15, 0.2) is 35.4 Å². The normalized spacial score (nSPS) is 10.3. The zero-order chi connectivity index (χ0) is 13.0. The molecule has 0 fully saturated rings. The number of hydrogen-bond donors (Lipinski definition) is 2. The molecule has 1 aromatic carbocycles. The Labute approximate surface area is 123 Å². The van der Waals surface area contributed by atoms with E-state index >= 15 is 0 Å². The van der Waals surface area contributed by atoms with Crippen molar-refractivity contribution < 1.29 is 0 Å². The molecule has 0 saturated carbocycles. The third-order valence-electron chi connectivity index (χ3n) is 2.43. The predicted octanol–water partition coefficient (Wildman–Crippen LogP) is 2.73. The summed E-state index contributed by atoms with van der Waals surface area (Å²) in [6.07, 6.45) is 1.39. The lowest BCUT2D eigenvalue weighted by Gasteiger charge is -2.07. The highest BCUT2D eigenvalue weighted by Crippen LogP contribution is 2.12. The number of halogens is 2. The van der Waals surface area contributed by atoms with Crippen LogP contribution in [0, 0.1) is 3.57 Å². The molecule has 0 bridgehead atoms. The summed E-state index contributed by atoms with van der Waals surface area (Å²) in [6.45, 7) is 0.620. The number of anilines is 1. The number of aromatic nitrogens is 2. The molecule has 0 radical (unpaired) electrons. The first-order chi connectivity index (χ1) is 8.70. The molecule has 1 heterocycles. The van der Waals surface area contributed by atoms with E-state index in [-0.39, 0.29) is 5.56 Å². The zero-order valence-electron chi connectivity index (χ0n) is 9.41. The molecule has 0 unspecified atom stereocenters. The summed E-state index contributed by atoms with van der Waals surface area (Å²) in [5, 5.41) is 3.14. The smallest absolute Gasteiger partial charge is 0.266 e. The first-order valence-electron chi connectivity index (χ1n) is 5.31. The Bertz CT molecular complexity index is 583. The fraction of sp³-hybridized carbons (Fsp3) is 0.167. The number of aromatic amines is 1. The number of nitrogens with zero attached hydrogens (tertiary/aromatic N) is 1. The van der Waals surface area contributed by atoms with Gasteiger partial charge in [-0.15, -0.1) is 11.6 Å². The van der Waals surface area contributed by atoms with Crippen LogP contribution in [-0.4, -0.2) is 9.97 Å². The molecule has 0 aliphatic carbocycles. The second-order valence-corrected chi connectivity index (χ2v) is 5.04. The van der Waals surface area contributed by atoms with Gasteiger partial charge in [0.1, 0.15) is 9.39 Å². The molecule has 0 aliphatic heterocycles. The van der Waals surface area contributed by atoms with Gasteiger partial charge in [0.05, 0.1) is 6.33 Å². The van der Waals surface area contributed by atoms with Gasteiger partial charge >= 0.3 is 0 Å². The summed E-state index contributed by atoms with van der Waals surface area (Å²) in [4.78, 5) is 18.0. The fourth-order valence-corrected chi connectivity index (χ4v) is 2.10. The van der Waals surface area contributed by atoms with Crippen molar-refractivity contribution >= 4 is 40.0 Å². The number of hydrogen-bond acceptors (Lipinski definition) is 3. The number of nitrogens with one attached hydrogen (secondary N) is 2. The van der Waals surface area contributed by atoms with E-state index in [0.717, 1.165) is 11.1 Å². The van der Waals surface area contributed by atoms with E-state index in [1.165, 1.54) is 6.33 Å². The van der Waals surface area contributed by atoms with Crippen LogP contribution in [0.1, 0.15) is 11.1 Å². The van der Waals surface area contributed by atoms with Crippen LogP contribution >= 0.6 is 34.2 Å². The Kier molecular flexibility index (Phi) is 4.60. The van der Waals surface area contributed by atoms with E-state index in [1.54, 1.807) is 0 Å². The maximum absolute atomic E-state index is 11.4. The van der Waals surface area contributed by atoms with E-state index in [9.17, 15) is 4.79 Å². The van der Waals surface area contributed by atoms with Gasteiger partial charge in [-0.05, 0) is 33.7 Å².